The van der Waals surface area contributed by atoms with Gasteiger partial charge in [0.25, 0.3) is 5.91 Å². The van der Waals surface area contributed by atoms with E-state index in [-0.39, 0.29) is 17.7 Å². The molecule has 0 unspecified atom stereocenters. The minimum absolute atomic E-state index is 0.0522. The van der Waals surface area contributed by atoms with E-state index in [0.717, 1.165) is 44.2 Å². The van der Waals surface area contributed by atoms with Gasteiger partial charge in [-0.2, -0.15) is 0 Å². The summed E-state index contributed by atoms with van der Waals surface area (Å²) in [7, 11) is 0. The fourth-order valence-corrected chi connectivity index (χ4v) is 2.89. The summed E-state index contributed by atoms with van der Waals surface area (Å²) >= 11 is 0. The van der Waals surface area contributed by atoms with Crippen LogP contribution in [-0.4, -0.2) is 29.6 Å². The number of aromatic hydroxyl groups is 1. The Morgan fingerprint density at radius 2 is 1.90 bits per heavy atom. The summed E-state index contributed by atoms with van der Waals surface area (Å²) in [5.41, 5.74) is 1.35. The van der Waals surface area contributed by atoms with Gasteiger partial charge in [0, 0.05) is 12.1 Å². The van der Waals surface area contributed by atoms with Crippen LogP contribution in [0.2, 0.25) is 0 Å². The van der Waals surface area contributed by atoms with Gasteiger partial charge in [-0.1, -0.05) is 18.6 Å². The van der Waals surface area contributed by atoms with Crippen LogP contribution in [0.1, 0.15) is 54.9 Å². The van der Waals surface area contributed by atoms with Gasteiger partial charge < -0.3 is 15.7 Å². The van der Waals surface area contributed by atoms with Crippen LogP contribution < -0.4 is 10.6 Å². The summed E-state index contributed by atoms with van der Waals surface area (Å²) in [6, 6.07) is 5.92. The first-order valence-electron chi connectivity index (χ1n) is 7.94. The Labute approximate surface area is 126 Å². The van der Waals surface area contributed by atoms with Gasteiger partial charge in [-0.15, -0.1) is 0 Å². The molecule has 1 amide bonds. The Morgan fingerprint density at radius 3 is 2.57 bits per heavy atom. The number of phenols is 1. The lowest BCUT2D eigenvalue weighted by Crippen LogP contribution is -2.42. The first-order chi connectivity index (χ1) is 10.1. The molecule has 1 aliphatic carbocycles. The van der Waals surface area contributed by atoms with Gasteiger partial charge in [0.2, 0.25) is 0 Å². The van der Waals surface area contributed by atoms with Crippen molar-refractivity contribution in [3.63, 3.8) is 0 Å². The zero-order valence-electron chi connectivity index (χ0n) is 13.0. The van der Waals surface area contributed by atoms with Crippen LogP contribution >= 0.6 is 0 Å². The highest BCUT2D eigenvalue weighted by atomic mass is 16.3. The molecule has 0 bridgehead atoms. The van der Waals surface area contributed by atoms with Crippen molar-refractivity contribution < 1.29 is 9.90 Å². The Balaban J connectivity index is 1.85. The molecule has 1 aliphatic rings. The number of benzene rings is 1. The molecule has 1 fully saturated rings. The predicted molar refractivity (Wildman–Crippen MR) is 84.6 cm³/mol. The number of amides is 1. The second-order valence-electron chi connectivity index (χ2n) is 6.00. The number of hydrogen-bond donors (Lipinski definition) is 3. The number of hydrogen-bond acceptors (Lipinski definition) is 3. The fraction of sp³-hybridized carbons (Fsp3) is 0.588. The minimum atomic E-state index is -0.166. The van der Waals surface area contributed by atoms with E-state index in [4.69, 9.17) is 0 Å². The van der Waals surface area contributed by atoms with Crippen molar-refractivity contribution in [3.05, 3.63) is 29.3 Å². The number of nitrogens with one attached hydrogen (secondary N) is 2. The molecule has 1 aromatic carbocycles. The lowest BCUT2D eigenvalue weighted by Gasteiger charge is -2.29. The van der Waals surface area contributed by atoms with Crippen LogP contribution in [0.15, 0.2) is 18.2 Å². The normalized spacial score (nSPS) is 22.0. The van der Waals surface area contributed by atoms with Gasteiger partial charge in [0.05, 0.1) is 5.56 Å². The molecule has 0 spiro atoms. The van der Waals surface area contributed by atoms with E-state index in [9.17, 15) is 9.90 Å². The molecular formula is C17H26N2O2. The molecule has 0 radical (unpaired) electrons. The highest BCUT2D eigenvalue weighted by Crippen LogP contribution is 2.21. The number of carbonyl (C=O) groups is 1. The van der Waals surface area contributed by atoms with Gasteiger partial charge in [-0.05, 0) is 57.7 Å². The molecule has 1 saturated carbocycles. The molecule has 3 N–H and O–H groups in total. The van der Waals surface area contributed by atoms with Gasteiger partial charge in [-0.3, -0.25) is 4.79 Å². The summed E-state index contributed by atoms with van der Waals surface area (Å²) in [4.78, 5) is 12.3. The predicted octanol–water partition coefficient (Wildman–Crippen LogP) is 2.74. The molecule has 116 valence electrons. The summed E-state index contributed by atoms with van der Waals surface area (Å²) < 4.78 is 0. The van der Waals surface area contributed by atoms with Gasteiger partial charge in [0.1, 0.15) is 5.75 Å². The van der Waals surface area contributed by atoms with Crippen molar-refractivity contribution in [3.8, 4) is 5.75 Å². The Kier molecular flexibility index (Phi) is 5.62. The Hall–Kier alpha value is -1.55. The second kappa shape index (κ2) is 7.46. The third kappa shape index (κ3) is 4.46. The maximum absolute atomic E-state index is 12.3. The Bertz CT molecular complexity index is 480. The molecule has 0 heterocycles. The SMILES string of the molecule is CCCNC1CCC(NC(=O)c2cc(C)ccc2O)CC1. The van der Waals surface area contributed by atoms with E-state index in [1.54, 1.807) is 18.2 Å². The lowest BCUT2D eigenvalue weighted by atomic mass is 9.91. The van der Waals surface area contributed by atoms with E-state index >= 15 is 0 Å². The van der Waals surface area contributed by atoms with Gasteiger partial charge in [0.15, 0.2) is 0 Å². The number of aryl methyl sites for hydroxylation is 1. The molecule has 0 saturated heterocycles. The minimum Gasteiger partial charge on any atom is -0.507 e. The summed E-state index contributed by atoms with van der Waals surface area (Å²) in [5, 5.41) is 16.4. The first kappa shape index (κ1) is 15.8. The number of phenolic OH excluding ortho intramolecular Hbond substituents is 1. The molecule has 0 atom stereocenters. The lowest BCUT2D eigenvalue weighted by molar-refractivity contribution is 0.0921. The first-order valence-corrected chi connectivity index (χ1v) is 7.94. The van der Waals surface area contributed by atoms with E-state index in [2.05, 4.69) is 17.6 Å². The average molecular weight is 290 g/mol. The molecule has 4 heteroatoms. The zero-order chi connectivity index (χ0) is 15.2. The smallest absolute Gasteiger partial charge is 0.255 e. The van der Waals surface area contributed by atoms with Crippen LogP contribution in [0.3, 0.4) is 0 Å². The van der Waals surface area contributed by atoms with Crippen LogP contribution in [0.25, 0.3) is 0 Å². The molecule has 2 rings (SSSR count). The van der Waals surface area contributed by atoms with Crippen molar-refractivity contribution in [2.75, 3.05) is 6.54 Å². The summed E-state index contributed by atoms with van der Waals surface area (Å²) in [5.74, 6) is -0.113. The van der Waals surface area contributed by atoms with E-state index in [0.29, 0.717) is 11.6 Å². The van der Waals surface area contributed by atoms with Crippen molar-refractivity contribution >= 4 is 5.91 Å². The molecule has 4 nitrogen and oxygen atoms in total. The van der Waals surface area contributed by atoms with E-state index < -0.39 is 0 Å². The van der Waals surface area contributed by atoms with Crippen molar-refractivity contribution in [2.24, 2.45) is 0 Å². The maximum atomic E-state index is 12.3. The van der Waals surface area contributed by atoms with Crippen molar-refractivity contribution in [1.29, 1.82) is 0 Å². The highest BCUT2D eigenvalue weighted by molar-refractivity contribution is 5.97. The summed E-state index contributed by atoms with van der Waals surface area (Å²) in [6.07, 6.45) is 5.36. The number of carbonyl (C=O) groups excluding carboxylic acids is 1. The van der Waals surface area contributed by atoms with E-state index in [1.807, 2.05) is 6.92 Å². The highest BCUT2D eigenvalue weighted by Gasteiger charge is 2.23. The topological polar surface area (TPSA) is 61.4 Å². The van der Waals surface area contributed by atoms with Gasteiger partial charge in [-0.25, -0.2) is 0 Å². The van der Waals surface area contributed by atoms with Crippen molar-refractivity contribution in [1.82, 2.24) is 10.6 Å². The molecule has 0 aromatic heterocycles. The van der Waals surface area contributed by atoms with Crippen LogP contribution in [0.5, 0.6) is 5.75 Å². The molecule has 0 aliphatic heterocycles. The van der Waals surface area contributed by atoms with E-state index in [1.165, 1.54) is 0 Å². The largest absolute Gasteiger partial charge is 0.507 e. The van der Waals surface area contributed by atoms with Crippen LogP contribution in [-0.2, 0) is 0 Å². The monoisotopic (exact) mass is 290 g/mol. The molecular weight excluding hydrogens is 264 g/mol. The Morgan fingerprint density at radius 1 is 1.24 bits per heavy atom. The van der Waals surface area contributed by atoms with Crippen LogP contribution in [0, 0.1) is 6.92 Å². The maximum Gasteiger partial charge on any atom is 0.255 e. The third-order valence-electron chi connectivity index (χ3n) is 4.14. The van der Waals surface area contributed by atoms with Gasteiger partial charge >= 0.3 is 0 Å². The number of rotatable bonds is 5. The standard InChI is InChI=1S/C17H26N2O2/c1-3-10-18-13-5-7-14(8-6-13)19-17(21)15-11-12(2)4-9-16(15)20/h4,9,11,13-14,18,20H,3,5-8,10H2,1-2H3,(H,19,21). The fourth-order valence-electron chi connectivity index (χ4n) is 2.89. The molecule has 1 aromatic rings. The second-order valence-corrected chi connectivity index (χ2v) is 6.00. The van der Waals surface area contributed by atoms with Crippen molar-refractivity contribution in [2.45, 2.75) is 58.0 Å². The third-order valence-corrected chi connectivity index (χ3v) is 4.14. The van der Waals surface area contributed by atoms with Crippen LogP contribution in [0.4, 0.5) is 0 Å². The quantitative estimate of drug-likeness (QED) is 0.781. The zero-order valence-corrected chi connectivity index (χ0v) is 13.0. The molecule has 21 heavy (non-hydrogen) atoms. The summed E-state index contributed by atoms with van der Waals surface area (Å²) in [6.45, 7) is 5.16. The average Bonchev–Trinajstić information content (AvgIpc) is 2.49.